The number of hydrogen-bond acceptors (Lipinski definition) is 4. The van der Waals surface area contributed by atoms with Gasteiger partial charge in [-0.1, -0.05) is 44.2 Å². The van der Waals surface area contributed by atoms with Gasteiger partial charge in [-0.3, -0.25) is 4.90 Å². The first kappa shape index (κ1) is 20.6. The van der Waals surface area contributed by atoms with Crippen molar-refractivity contribution in [1.29, 1.82) is 0 Å². The molecule has 2 unspecified atom stereocenters. The van der Waals surface area contributed by atoms with Crippen molar-refractivity contribution in [2.75, 3.05) is 20.8 Å². The second-order valence-electron chi connectivity index (χ2n) is 9.37. The lowest BCUT2D eigenvalue weighted by atomic mass is 9.59. The van der Waals surface area contributed by atoms with Crippen molar-refractivity contribution in [2.45, 2.75) is 57.1 Å². The lowest BCUT2D eigenvalue weighted by Gasteiger charge is -2.52. The molecule has 4 rings (SSSR count). The van der Waals surface area contributed by atoms with Crippen molar-refractivity contribution in [3.05, 3.63) is 59.2 Å². The maximum atomic E-state index is 13.1. The molecule has 160 valence electrons. The molecule has 0 N–H and O–H groups in total. The van der Waals surface area contributed by atoms with Crippen molar-refractivity contribution in [1.82, 2.24) is 4.90 Å². The van der Waals surface area contributed by atoms with Crippen LogP contribution >= 0.6 is 0 Å². The number of fused-ring (bicyclic) bond motifs is 3. The first-order valence-corrected chi connectivity index (χ1v) is 10.5. The predicted molar refractivity (Wildman–Crippen MR) is 116 cm³/mol. The Kier molecular flexibility index (Phi) is 4.75. The highest BCUT2D eigenvalue weighted by atomic mass is 16.6. The molecular formula is C25H31NO4. The highest BCUT2D eigenvalue weighted by Gasteiger charge is 2.65. The van der Waals surface area contributed by atoms with Crippen LogP contribution in [0.25, 0.3) is 0 Å². The van der Waals surface area contributed by atoms with Gasteiger partial charge in [0.1, 0.15) is 11.1 Å². The predicted octanol–water partition coefficient (Wildman–Crippen LogP) is 5.05. The third-order valence-corrected chi connectivity index (χ3v) is 7.13. The standard InChI is InChI=1S/C25H31NO4/c1-23(2)16-24(3)25(4,19-10-8-7-9-18(19)23)26(22(27)30-24)14-13-17-11-12-20(28-5)21(15-17)29-6/h7-12,15H,13-14,16H2,1-6H3. The van der Waals surface area contributed by atoms with Gasteiger partial charge in [0.15, 0.2) is 11.5 Å². The number of rotatable bonds is 5. The number of ether oxygens (including phenoxy) is 3. The number of methoxy groups -OCH3 is 2. The summed E-state index contributed by atoms with van der Waals surface area (Å²) in [7, 11) is 3.26. The highest BCUT2D eigenvalue weighted by Crippen LogP contribution is 2.57. The highest BCUT2D eigenvalue weighted by molar-refractivity contribution is 5.74. The van der Waals surface area contributed by atoms with E-state index in [-0.39, 0.29) is 11.5 Å². The van der Waals surface area contributed by atoms with Crippen molar-refractivity contribution in [3.8, 4) is 11.5 Å². The summed E-state index contributed by atoms with van der Waals surface area (Å²) in [5.41, 5.74) is 2.39. The topological polar surface area (TPSA) is 48.0 Å². The van der Waals surface area contributed by atoms with Crippen LogP contribution in [0.3, 0.4) is 0 Å². The molecule has 0 bridgehead atoms. The SMILES string of the molecule is COc1ccc(CCN2C(=O)OC3(C)CC(C)(C)c4ccccc4C23C)cc1OC. The van der Waals surface area contributed by atoms with E-state index >= 15 is 0 Å². The van der Waals surface area contributed by atoms with E-state index in [4.69, 9.17) is 14.2 Å². The normalized spacial score (nSPS) is 26.6. The Morgan fingerprint density at radius 3 is 2.30 bits per heavy atom. The van der Waals surface area contributed by atoms with Crippen LogP contribution in [0.5, 0.6) is 11.5 Å². The van der Waals surface area contributed by atoms with Crippen molar-refractivity contribution in [3.63, 3.8) is 0 Å². The van der Waals surface area contributed by atoms with Crippen LogP contribution in [-0.2, 0) is 22.1 Å². The van der Waals surface area contributed by atoms with Gasteiger partial charge in [-0.2, -0.15) is 0 Å². The van der Waals surface area contributed by atoms with Gasteiger partial charge < -0.3 is 14.2 Å². The molecule has 2 atom stereocenters. The minimum atomic E-state index is -0.584. The molecule has 5 heteroatoms. The van der Waals surface area contributed by atoms with E-state index in [1.807, 2.05) is 23.1 Å². The fourth-order valence-corrected chi connectivity index (χ4v) is 5.48. The van der Waals surface area contributed by atoms with Crippen LogP contribution < -0.4 is 9.47 Å². The van der Waals surface area contributed by atoms with Crippen LogP contribution in [0.15, 0.2) is 42.5 Å². The maximum Gasteiger partial charge on any atom is 0.411 e. The van der Waals surface area contributed by atoms with E-state index in [9.17, 15) is 4.79 Å². The monoisotopic (exact) mass is 409 g/mol. The Bertz CT molecular complexity index is 985. The zero-order valence-electron chi connectivity index (χ0n) is 18.7. The molecule has 0 aromatic heterocycles. The quantitative estimate of drug-likeness (QED) is 0.693. The lowest BCUT2D eigenvalue weighted by Crippen LogP contribution is -2.58. The summed E-state index contributed by atoms with van der Waals surface area (Å²) in [6, 6.07) is 14.4. The van der Waals surface area contributed by atoms with E-state index in [0.717, 1.165) is 12.0 Å². The summed E-state index contributed by atoms with van der Waals surface area (Å²) in [5, 5.41) is 0. The van der Waals surface area contributed by atoms with E-state index in [1.165, 1.54) is 11.1 Å². The van der Waals surface area contributed by atoms with E-state index < -0.39 is 11.1 Å². The first-order valence-electron chi connectivity index (χ1n) is 10.5. The van der Waals surface area contributed by atoms with Gasteiger partial charge in [-0.25, -0.2) is 4.79 Å². The molecule has 30 heavy (non-hydrogen) atoms. The molecule has 0 saturated carbocycles. The molecule has 1 saturated heterocycles. The molecule has 0 spiro atoms. The smallest absolute Gasteiger partial charge is 0.411 e. The Morgan fingerprint density at radius 2 is 1.63 bits per heavy atom. The van der Waals surface area contributed by atoms with Crippen LogP contribution in [-0.4, -0.2) is 37.4 Å². The van der Waals surface area contributed by atoms with Crippen LogP contribution in [0, 0.1) is 0 Å². The van der Waals surface area contributed by atoms with Gasteiger partial charge >= 0.3 is 6.09 Å². The molecule has 1 aliphatic heterocycles. The molecule has 2 aliphatic rings. The molecule has 1 aliphatic carbocycles. The number of amides is 1. The van der Waals surface area contributed by atoms with Crippen LogP contribution in [0.4, 0.5) is 4.79 Å². The van der Waals surface area contributed by atoms with Crippen LogP contribution in [0.1, 0.15) is 50.8 Å². The minimum Gasteiger partial charge on any atom is -0.493 e. The zero-order valence-corrected chi connectivity index (χ0v) is 18.7. The summed E-state index contributed by atoms with van der Waals surface area (Å²) in [6.07, 6.45) is 1.24. The summed E-state index contributed by atoms with van der Waals surface area (Å²) < 4.78 is 16.8. The second kappa shape index (κ2) is 6.93. The molecule has 1 heterocycles. The maximum absolute atomic E-state index is 13.1. The second-order valence-corrected chi connectivity index (χ2v) is 9.37. The van der Waals surface area contributed by atoms with Gasteiger partial charge in [-0.15, -0.1) is 0 Å². The first-order chi connectivity index (χ1) is 14.2. The molecule has 1 fully saturated rings. The average molecular weight is 410 g/mol. The number of nitrogens with zero attached hydrogens (tertiary/aromatic N) is 1. The van der Waals surface area contributed by atoms with E-state index in [0.29, 0.717) is 24.5 Å². The molecule has 2 aromatic carbocycles. The number of hydrogen-bond donors (Lipinski definition) is 0. The van der Waals surface area contributed by atoms with Gasteiger partial charge in [-0.05, 0) is 60.9 Å². The Hall–Kier alpha value is -2.69. The fourth-order valence-electron chi connectivity index (χ4n) is 5.48. The van der Waals surface area contributed by atoms with Crippen molar-refractivity contribution in [2.24, 2.45) is 0 Å². The van der Waals surface area contributed by atoms with Crippen LogP contribution in [0.2, 0.25) is 0 Å². The largest absolute Gasteiger partial charge is 0.493 e. The molecule has 1 amide bonds. The van der Waals surface area contributed by atoms with E-state index in [2.05, 4.69) is 52.0 Å². The third-order valence-electron chi connectivity index (χ3n) is 7.13. The molecule has 5 nitrogen and oxygen atoms in total. The van der Waals surface area contributed by atoms with Gasteiger partial charge in [0.05, 0.1) is 14.2 Å². The van der Waals surface area contributed by atoms with Gasteiger partial charge in [0, 0.05) is 6.54 Å². The molecule has 2 aromatic rings. The Balaban J connectivity index is 1.69. The van der Waals surface area contributed by atoms with E-state index in [1.54, 1.807) is 14.2 Å². The summed E-state index contributed by atoms with van der Waals surface area (Å²) in [6.45, 7) is 9.27. The third kappa shape index (κ3) is 2.86. The molecular weight excluding hydrogens is 378 g/mol. The lowest BCUT2D eigenvalue weighted by molar-refractivity contribution is -0.0291. The summed E-state index contributed by atoms with van der Waals surface area (Å²) >= 11 is 0. The minimum absolute atomic E-state index is 0.0650. The van der Waals surface area contributed by atoms with Gasteiger partial charge in [0.25, 0.3) is 0 Å². The van der Waals surface area contributed by atoms with Crippen molar-refractivity contribution < 1.29 is 19.0 Å². The number of carbonyl (C=O) groups is 1. The summed E-state index contributed by atoms with van der Waals surface area (Å²) in [5.74, 6) is 1.39. The average Bonchev–Trinajstić information content (AvgIpc) is 2.91. The summed E-state index contributed by atoms with van der Waals surface area (Å²) in [4.78, 5) is 15.0. The number of benzene rings is 2. The Labute approximate surface area is 178 Å². The van der Waals surface area contributed by atoms with Gasteiger partial charge in [0.2, 0.25) is 0 Å². The fraction of sp³-hybridized carbons (Fsp3) is 0.480. The zero-order chi connectivity index (χ0) is 21.7. The number of carbonyl (C=O) groups excluding carboxylic acids is 1. The van der Waals surface area contributed by atoms with Crippen molar-refractivity contribution >= 4 is 6.09 Å². The Morgan fingerprint density at radius 1 is 0.967 bits per heavy atom. The molecule has 0 radical (unpaired) electrons.